The molecule has 0 atom stereocenters. The molecule has 1 heterocycles. The minimum absolute atomic E-state index is 0.0572. The molecule has 0 unspecified atom stereocenters. The van der Waals surface area contributed by atoms with Crippen LogP contribution in [0.1, 0.15) is 19.4 Å². The average molecular weight is 462 g/mol. The molecule has 0 aromatic carbocycles. The highest BCUT2D eigenvalue weighted by molar-refractivity contribution is 7.98. The third kappa shape index (κ3) is 7.40. The van der Waals surface area contributed by atoms with Crippen molar-refractivity contribution in [2.24, 2.45) is 0 Å². The maximum atomic E-state index is 12.9. The Kier molecular flexibility index (Phi) is 10.4. The molecule has 0 saturated heterocycles. The Labute approximate surface area is 181 Å². The van der Waals surface area contributed by atoms with Gasteiger partial charge in [-0.05, 0) is 25.5 Å². The Balaban J connectivity index is 3.28. The predicted octanol–water partition coefficient (Wildman–Crippen LogP) is 2.28. The molecule has 1 aromatic rings. The number of halogens is 1. The van der Waals surface area contributed by atoms with Gasteiger partial charge in [0.05, 0.1) is 13.2 Å². The molecule has 0 aliphatic carbocycles. The molecule has 1 aromatic heterocycles. The molecule has 164 valence electrons. The lowest BCUT2D eigenvalue weighted by Gasteiger charge is -2.19. The molecule has 14 heteroatoms. The first-order chi connectivity index (χ1) is 14.2. The zero-order valence-electron chi connectivity index (χ0n) is 16.3. The number of imide groups is 3. The van der Waals surface area contributed by atoms with Crippen LogP contribution in [0.4, 0.5) is 9.59 Å². The molecule has 3 amide bonds. The minimum Gasteiger partial charge on any atom is -0.449 e. The number of carbonyl (C=O) groups is 3. The van der Waals surface area contributed by atoms with Crippen molar-refractivity contribution in [3.05, 3.63) is 49.9 Å². The van der Waals surface area contributed by atoms with Crippen LogP contribution in [0.25, 0.3) is 0 Å². The quantitative estimate of drug-likeness (QED) is 0.183. The number of rotatable bonds is 9. The second kappa shape index (κ2) is 12.5. The number of nitro groups is 1. The number of hydrogen-bond donors (Lipinski definition) is 2. The van der Waals surface area contributed by atoms with E-state index in [2.05, 4.69) is 15.6 Å². The van der Waals surface area contributed by atoms with Crippen molar-refractivity contribution in [3.63, 3.8) is 0 Å². The third-order valence-corrected chi connectivity index (χ3v) is 4.13. The molecule has 0 aliphatic rings. The lowest BCUT2D eigenvalue weighted by atomic mass is 10.3. The van der Waals surface area contributed by atoms with E-state index in [4.69, 9.17) is 21.1 Å². The van der Waals surface area contributed by atoms with Gasteiger partial charge in [0.1, 0.15) is 15.3 Å². The van der Waals surface area contributed by atoms with E-state index in [1.807, 2.05) is 0 Å². The van der Waals surface area contributed by atoms with Crippen molar-refractivity contribution in [1.82, 2.24) is 20.5 Å². The van der Waals surface area contributed by atoms with Crippen LogP contribution < -0.4 is 10.6 Å². The van der Waals surface area contributed by atoms with E-state index in [-0.39, 0.29) is 47.6 Å². The van der Waals surface area contributed by atoms with Gasteiger partial charge in [-0.1, -0.05) is 17.7 Å². The molecule has 12 nitrogen and oxygen atoms in total. The fourth-order valence-electron chi connectivity index (χ4n) is 1.97. The zero-order valence-corrected chi connectivity index (χ0v) is 17.9. The van der Waals surface area contributed by atoms with E-state index in [9.17, 15) is 24.5 Å². The van der Waals surface area contributed by atoms with Gasteiger partial charge in [0.15, 0.2) is 4.91 Å². The van der Waals surface area contributed by atoms with Crippen molar-refractivity contribution in [3.8, 4) is 0 Å². The molecule has 2 N–H and O–H groups in total. The second-order valence-electron chi connectivity index (χ2n) is 5.15. The van der Waals surface area contributed by atoms with Gasteiger partial charge in [0, 0.05) is 19.8 Å². The SMILES string of the molecule is CCOC(=O)N(C(=O)OCC)C(=O)/C(S[N+](=O)[O-])=C(\NC)NCc1ccc(Cl)nc1. The number of nitrogens with zero attached hydrogens (tertiary/aromatic N) is 3. The maximum absolute atomic E-state index is 12.9. The highest BCUT2D eigenvalue weighted by atomic mass is 35.5. The molecule has 0 saturated carbocycles. The largest absolute Gasteiger partial charge is 0.449 e. The van der Waals surface area contributed by atoms with E-state index < -0.39 is 27.3 Å². The first kappa shape index (κ1) is 25.0. The molecule has 0 bridgehead atoms. The fraction of sp³-hybridized carbons (Fsp3) is 0.375. The average Bonchev–Trinajstić information content (AvgIpc) is 2.69. The number of carbonyl (C=O) groups excluding carboxylic acids is 3. The van der Waals surface area contributed by atoms with Gasteiger partial charge >= 0.3 is 12.2 Å². The molecule has 0 spiro atoms. The van der Waals surface area contributed by atoms with Gasteiger partial charge in [-0.25, -0.2) is 14.6 Å². The molecule has 1 rings (SSSR count). The van der Waals surface area contributed by atoms with Crippen LogP contribution in [0.15, 0.2) is 29.1 Å². The van der Waals surface area contributed by atoms with E-state index >= 15 is 0 Å². The predicted molar refractivity (Wildman–Crippen MR) is 108 cm³/mol. The van der Waals surface area contributed by atoms with Gasteiger partial charge in [-0.15, -0.1) is 4.90 Å². The lowest BCUT2D eigenvalue weighted by Crippen LogP contribution is -2.44. The molecular formula is C16H20ClN5O7S. The summed E-state index contributed by atoms with van der Waals surface area (Å²) in [5.41, 5.74) is 0.651. The van der Waals surface area contributed by atoms with Crippen LogP contribution in [0.5, 0.6) is 0 Å². The molecular weight excluding hydrogens is 442 g/mol. The van der Waals surface area contributed by atoms with E-state index in [1.165, 1.54) is 27.1 Å². The van der Waals surface area contributed by atoms with E-state index in [1.54, 1.807) is 12.1 Å². The lowest BCUT2D eigenvalue weighted by molar-refractivity contribution is -0.282. The molecule has 0 aliphatic heterocycles. The van der Waals surface area contributed by atoms with Crippen LogP contribution in [0.3, 0.4) is 0 Å². The van der Waals surface area contributed by atoms with Gasteiger partial charge in [-0.3, -0.25) is 14.9 Å². The first-order valence-electron chi connectivity index (χ1n) is 8.51. The summed E-state index contributed by atoms with van der Waals surface area (Å²) in [7, 11) is 1.40. The smallest absolute Gasteiger partial charge is 0.426 e. The Morgan fingerprint density at radius 2 is 1.83 bits per heavy atom. The van der Waals surface area contributed by atoms with Crippen LogP contribution in [-0.4, -0.2) is 52.6 Å². The number of hydrogen-bond acceptors (Lipinski definition) is 11. The summed E-state index contributed by atoms with van der Waals surface area (Å²) in [6.45, 7) is 2.77. The summed E-state index contributed by atoms with van der Waals surface area (Å²) in [6.07, 6.45) is -1.17. The Morgan fingerprint density at radius 1 is 1.23 bits per heavy atom. The summed E-state index contributed by atoms with van der Waals surface area (Å²) in [6, 6.07) is 3.20. The second-order valence-corrected chi connectivity index (χ2v) is 6.43. The fourth-order valence-corrected chi connectivity index (χ4v) is 2.66. The number of amides is 3. The number of ether oxygens (including phenoxy) is 2. The van der Waals surface area contributed by atoms with Crippen LogP contribution in [0, 0.1) is 10.1 Å². The standard InChI is InChI=1S/C16H20ClN5O7S/c1-4-28-15(24)21(16(25)29-5-2)14(23)12(30-22(26)27)13(18-3)20-9-10-6-7-11(17)19-8-10/h6-8,18,20H,4-5,9H2,1-3H3/b13-12-. The van der Waals surface area contributed by atoms with Crippen LogP contribution >= 0.6 is 23.5 Å². The minimum atomic E-state index is -1.32. The topological polar surface area (TPSA) is 153 Å². The molecule has 0 radical (unpaired) electrons. The Hall–Kier alpha value is -3.06. The third-order valence-electron chi connectivity index (χ3n) is 3.20. The van der Waals surface area contributed by atoms with Gasteiger partial charge in [-0.2, -0.15) is 0 Å². The molecule has 30 heavy (non-hydrogen) atoms. The molecule has 0 fully saturated rings. The number of aromatic nitrogens is 1. The summed E-state index contributed by atoms with van der Waals surface area (Å²) >= 11 is 5.64. The monoisotopic (exact) mass is 461 g/mol. The van der Waals surface area contributed by atoms with Crippen molar-refractivity contribution in [1.29, 1.82) is 0 Å². The zero-order chi connectivity index (χ0) is 22.7. The van der Waals surface area contributed by atoms with Crippen molar-refractivity contribution in [2.75, 3.05) is 20.3 Å². The number of pyridine rings is 1. The van der Waals surface area contributed by atoms with Gasteiger partial charge in [0.2, 0.25) is 0 Å². The van der Waals surface area contributed by atoms with Crippen LogP contribution in [0.2, 0.25) is 5.15 Å². The van der Waals surface area contributed by atoms with Crippen molar-refractivity contribution >= 4 is 41.6 Å². The van der Waals surface area contributed by atoms with Crippen LogP contribution in [-0.2, 0) is 20.8 Å². The first-order valence-corrected chi connectivity index (χ1v) is 9.66. The summed E-state index contributed by atoms with van der Waals surface area (Å²) in [4.78, 5) is 51.7. The van der Waals surface area contributed by atoms with Crippen molar-refractivity contribution in [2.45, 2.75) is 20.4 Å². The summed E-state index contributed by atoms with van der Waals surface area (Å²) < 4.78 is 8.55. The van der Waals surface area contributed by atoms with E-state index in [0.29, 0.717) is 5.56 Å². The summed E-state index contributed by atoms with van der Waals surface area (Å²) in [5.74, 6) is -1.39. The van der Waals surface area contributed by atoms with Crippen molar-refractivity contribution < 1.29 is 28.2 Å². The Morgan fingerprint density at radius 3 is 2.27 bits per heavy atom. The summed E-state index contributed by atoms with van der Waals surface area (Å²) in [5, 5.41) is 16.8. The Bertz CT molecular complexity index is 801. The normalized spacial score (nSPS) is 11.1. The maximum Gasteiger partial charge on any atom is 0.426 e. The number of nitrogens with one attached hydrogen (secondary N) is 2. The van der Waals surface area contributed by atoms with E-state index in [0.717, 1.165) is 0 Å². The highest BCUT2D eigenvalue weighted by Gasteiger charge is 2.38. The van der Waals surface area contributed by atoms with Gasteiger partial charge in [0.25, 0.3) is 17.9 Å². The van der Waals surface area contributed by atoms with Gasteiger partial charge < -0.3 is 20.1 Å². The highest BCUT2D eigenvalue weighted by Crippen LogP contribution is 2.22.